The van der Waals surface area contributed by atoms with Crippen molar-refractivity contribution in [2.24, 2.45) is 0 Å². The number of rotatable bonds is 1. The minimum Gasteiger partial charge on any atom is -0.368 e. The van der Waals surface area contributed by atoms with Gasteiger partial charge in [0.2, 0.25) is 11.9 Å². The van der Waals surface area contributed by atoms with Crippen LogP contribution in [0.5, 0.6) is 0 Å². The van der Waals surface area contributed by atoms with Gasteiger partial charge in [-0.15, -0.1) is 0 Å². The topological polar surface area (TPSA) is 90.7 Å². The smallest absolute Gasteiger partial charge is 0.225 e. The lowest BCUT2D eigenvalue weighted by Gasteiger charge is -2.03. The molecule has 0 atom stereocenters. The van der Waals surface area contributed by atoms with Gasteiger partial charge in [0.15, 0.2) is 5.82 Å². The first-order valence-corrected chi connectivity index (χ1v) is 4.66. The lowest BCUT2D eigenvalue weighted by Crippen LogP contribution is -2.04. The van der Waals surface area contributed by atoms with Crippen LogP contribution in [0.25, 0.3) is 11.4 Å². The first-order chi connectivity index (χ1) is 7.56. The molecule has 4 N–H and O–H groups in total. The average Bonchev–Trinajstić information content (AvgIpc) is 2.20. The molecule has 0 aliphatic heterocycles. The van der Waals surface area contributed by atoms with Crippen molar-refractivity contribution in [3.05, 3.63) is 29.0 Å². The van der Waals surface area contributed by atoms with Crippen molar-refractivity contribution in [1.82, 2.24) is 15.0 Å². The molecule has 1 aromatic heterocycles. The minimum absolute atomic E-state index is 0.0602. The molecule has 0 spiro atoms. The quantitative estimate of drug-likeness (QED) is 0.787. The third-order valence-electron chi connectivity index (χ3n) is 1.84. The number of nitrogens with zero attached hydrogens (tertiary/aromatic N) is 3. The van der Waals surface area contributed by atoms with Crippen LogP contribution in [-0.4, -0.2) is 15.0 Å². The highest BCUT2D eigenvalue weighted by Gasteiger charge is 2.10. The zero-order valence-corrected chi connectivity index (χ0v) is 8.74. The van der Waals surface area contributed by atoms with Gasteiger partial charge < -0.3 is 11.5 Å². The van der Waals surface area contributed by atoms with E-state index in [9.17, 15) is 4.39 Å². The van der Waals surface area contributed by atoms with E-state index in [-0.39, 0.29) is 23.3 Å². The second kappa shape index (κ2) is 3.90. The number of nitrogen functional groups attached to an aromatic ring is 2. The van der Waals surface area contributed by atoms with Crippen LogP contribution in [0.1, 0.15) is 0 Å². The summed E-state index contributed by atoms with van der Waals surface area (Å²) in [5, 5.41) is 0.369. The molecule has 0 aliphatic rings. The summed E-state index contributed by atoms with van der Waals surface area (Å²) in [6, 6.07) is 4.03. The largest absolute Gasteiger partial charge is 0.368 e. The Morgan fingerprint density at radius 2 is 1.69 bits per heavy atom. The summed E-state index contributed by atoms with van der Waals surface area (Å²) >= 11 is 5.75. The van der Waals surface area contributed by atoms with E-state index in [0.717, 1.165) is 0 Å². The second-order valence-electron chi connectivity index (χ2n) is 3.00. The molecule has 82 valence electrons. The Morgan fingerprint density at radius 3 is 2.31 bits per heavy atom. The molecular weight excluding hydrogens is 233 g/mol. The highest BCUT2D eigenvalue weighted by Crippen LogP contribution is 2.23. The van der Waals surface area contributed by atoms with Gasteiger partial charge in [-0.05, 0) is 18.2 Å². The molecule has 2 rings (SSSR count). The van der Waals surface area contributed by atoms with Gasteiger partial charge in [-0.2, -0.15) is 15.0 Å². The first kappa shape index (κ1) is 10.6. The molecule has 5 nitrogen and oxygen atoms in total. The summed E-state index contributed by atoms with van der Waals surface area (Å²) in [6.45, 7) is 0. The van der Waals surface area contributed by atoms with Crippen LogP contribution in [0.3, 0.4) is 0 Å². The molecule has 0 fully saturated rings. The molecule has 16 heavy (non-hydrogen) atoms. The number of halogens is 2. The van der Waals surface area contributed by atoms with E-state index in [4.69, 9.17) is 23.1 Å². The second-order valence-corrected chi connectivity index (χ2v) is 3.44. The van der Waals surface area contributed by atoms with E-state index in [1.54, 1.807) is 0 Å². The van der Waals surface area contributed by atoms with Gasteiger partial charge in [-0.3, -0.25) is 0 Å². The fourth-order valence-electron chi connectivity index (χ4n) is 1.20. The number of hydrogen-bond acceptors (Lipinski definition) is 5. The van der Waals surface area contributed by atoms with Crippen molar-refractivity contribution in [2.75, 3.05) is 11.5 Å². The molecule has 0 unspecified atom stereocenters. The van der Waals surface area contributed by atoms with E-state index >= 15 is 0 Å². The van der Waals surface area contributed by atoms with Crippen molar-refractivity contribution >= 4 is 23.5 Å². The molecule has 0 radical (unpaired) electrons. The summed E-state index contributed by atoms with van der Waals surface area (Å²) < 4.78 is 13.5. The lowest BCUT2D eigenvalue weighted by atomic mass is 10.2. The van der Waals surface area contributed by atoms with E-state index in [1.807, 2.05) is 0 Å². The number of hydrogen-bond donors (Lipinski definition) is 2. The van der Waals surface area contributed by atoms with Crippen LogP contribution in [0.4, 0.5) is 16.3 Å². The van der Waals surface area contributed by atoms with Gasteiger partial charge >= 0.3 is 0 Å². The van der Waals surface area contributed by atoms with E-state index < -0.39 is 5.82 Å². The lowest BCUT2D eigenvalue weighted by molar-refractivity contribution is 0.630. The Hall–Kier alpha value is -1.95. The maximum absolute atomic E-state index is 13.5. The van der Waals surface area contributed by atoms with Crippen LogP contribution in [0.15, 0.2) is 18.2 Å². The molecular formula is C9H7ClFN5. The van der Waals surface area contributed by atoms with Crippen molar-refractivity contribution in [3.63, 3.8) is 0 Å². The standard InChI is InChI=1S/C9H7ClFN5/c10-4-1-2-6(11)5(3-4)7-14-8(12)16-9(13)15-7/h1-3H,(H4,12,13,14,15,16). The first-order valence-electron chi connectivity index (χ1n) is 4.28. The Bertz CT molecular complexity index is 525. The van der Waals surface area contributed by atoms with Crippen LogP contribution in [0, 0.1) is 5.82 Å². The SMILES string of the molecule is Nc1nc(N)nc(-c2cc(Cl)ccc2F)n1. The van der Waals surface area contributed by atoms with Gasteiger partial charge in [0.25, 0.3) is 0 Å². The van der Waals surface area contributed by atoms with Crippen molar-refractivity contribution in [1.29, 1.82) is 0 Å². The van der Waals surface area contributed by atoms with Crippen molar-refractivity contribution < 1.29 is 4.39 Å². The summed E-state index contributed by atoms with van der Waals surface area (Å²) in [5.41, 5.74) is 10.9. The van der Waals surface area contributed by atoms with Crippen LogP contribution in [-0.2, 0) is 0 Å². The predicted molar refractivity (Wildman–Crippen MR) is 59.1 cm³/mol. The molecule has 0 bridgehead atoms. The van der Waals surface area contributed by atoms with Gasteiger partial charge in [0.05, 0.1) is 5.56 Å². The van der Waals surface area contributed by atoms with Crippen LogP contribution < -0.4 is 11.5 Å². The van der Waals surface area contributed by atoms with Crippen molar-refractivity contribution in [2.45, 2.75) is 0 Å². The molecule has 0 saturated carbocycles. The number of anilines is 2. The maximum atomic E-state index is 13.5. The summed E-state index contributed by atoms with van der Waals surface area (Å²) in [6.07, 6.45) is 0. The Labute approximate surface area is 95.3 Å². The number of nitrogens with two attached hydrogens (primary N) is 2. The summed E-state index contributed by atoms with van der Waals surface area (Å²) in [7, 11) is 0. The molecule has 0 aliphatic carbocycles. The molecule has 0 saturated heterocycles. The van der Waals surface area contributed by atoms with E-state index in [0.29, 0.717) is 5.02 Å². The predicted octanol–water partition coefficient (Wildman–Crippen LogP) is 1.50. The summed E-state index contributed by atoms with van der Waals surface area (Å²) in [4.78, 5) is 11.2. The molecule has 1 aromatic carbocycles. The fraction of sp³-hybridized carbons (Fsp3) is 0. The molecule has 1 heterocycles. The molecule has 2 aromatic rings. The van der Waals surface area contributed by atoms with E-state index in [1.165, 1.54) is 18.2 Å². The maximum Gasteiger partial charge on any atom is 0.225 e. The number of benzene rings is 1. The average molecular weight is 240 g/mol. The van der Waals surface area contributed by atoms with Gasteiger partial charge in [0.1, 0.15) is 5.82 Å². The Kier molecular flexibility index (Phi) is 2.57. The monoisotopic (exact) mass is 239 g/mol. The zero-order valence-electron chi connectivity index (χ0n) is 7.98. The van der Waals surface area contributed by atoms with Gasteiger partial charge in [0, 0.05) is 5.02 Å². The highest BCUT2D eigenvalue weighted by molar-refractivity contribution is 6.30. The zero-order chi connectivity index (χ0) is 11.7. The van der Waals surface area contributed by atoms with Gasteiger partial charge in [-0.25, -0.2) is 4.39 Å². The van der Waals surface area contributed by atoms with Gasteiger partial charge in [-0.1, -0.05) is 11.6 Å². The van der Waals surface area contributed by atoms with Crippen molar-refractivity contribution in [3.8, 4) is 11.4 Å². The molecule has 0 amide bonds. The minimum atomic E-state index is -0.505. The van der Waals surface area contributed by atoms with E-state index in [2.05, 4.69) is 15.0 Å². The van der Waals surface area contributed by atoms with Crippen LogP contribution in [0.2, 0.25) is 5.02 Å². The summed E-state index contributed by atoms with van der Waals surface area (Å²) in [5.74, 6) is -0.580. The highest BCUT2D eigenvalue weighted by atomic mass is 35.5. The Balaban J connectivity index is 2.62. The molecule has 7 heteroatoms. The Morgan fingerprint density at radius 1 is 1.06 bits per heavy atom. The van der Waals surface area contributed by atoms with Crippen LogP contribution >= 0.6 is 11.6 Å². The normalized spacial score (nSPS) is 10.4. The fourth-order valence-corrected chi connectivity index (χ4v) is 1.37. The number of aromatic nitrogens is 3. The third-order valence-corrected chi connectivity index (χ3v) is 2.07. The third kappa shape index (κ3) is 2.01.